The average molecular weight is 307 g/mol. The topological polar surface area (TPSA) is 32.9 Å². The number of H-pyrrole nitrogens is 1. The Labute approximate surface area is 130 Å². The van der Waals surface area contributed by atoms with Crippen LogP contribution in [0.2, 0.25) is 0 Å². The van der Waals surface area contributed by atoms with Gasteiger partial charge in [0.25, 0.3) is 0 Å². The van der Waals surface area contributed by atoms with Gasteiger partial charge in [-0.2, -0.15) is 0 Å². The van der Waals surface area contributed by atoms with E-state index in [-0.39, 0.29) is 0 Å². The molecular weight excluding hydrogens is 296 g/mol. The molecule has 4 rings (SSSR count). The maximum Gasteiger partial charge on any atom is 0.159 e. The summed E-state index contributed by atoms with van der Waals surface area (Å²) in [5, 5.41) is 2.77. The van der Waals surface area contributed by atoms with Crippen LogP contribution < -0.4 is 0 Å². The van der Waals surface area contributed by atoms with E-state index in [0.717, 1.165) is 40.1 Å². The van der Waals surface area contributed by atoms with Crippen LogP contribution in [0.5, 0.6) is 0 Å². The van der Waals surface area contributed by atoms with Crippen LogP contribution in [-0.2, 0) is 0 Å². The minimum Gasteiger partial charge on any atom is -0.353 e. The highest BCUT2D eigenvalue weighted by Gasteiger charge is 2.15. The van der Waals surface area contributed by atoms with Gasteiger partial charge in [-0.05, 0) is 23.6 Å². The van der Waals surface area contributed by atoms with Gasteiger partial charge in [0.1, 0.15) is 0 Å². The number of halogens is 2. The third-order valence-electron chi connectivity index (χ3n) is 4.06. The van der Waals surface area contributed by atoms with Crippen molar-refractivity contribution in [1.82, 2.24) is 4.98 Å². The summed E-state index contributed by atoms with van der Waals surface area (Å²) >= 11 is 0. The van der Waals surface area contributed by atoms with Crippen LogP contribution in [0.15, 0.2) is 54.6 Å². The van der Waals surface area contributed by atoms with Crippen LogP contribution in [0.1, 0.15) is 10.4 Å². The predicted octanol–water partition coefficient (Wildman–Crippen LogP) is 5.08. The molecule has 0 bridgehead atoms. The maximum atomic E-state index is 13.5. The second kappa shape index (κ2) is 5.02. The number of aromatic nitrogens is 1. The van der Waals surface area contributed by atoms with Crippen molar-refractivity contribution in [3.05, 3.63) is 71.8 Å². The molecule has 0 saturated heterocycles. The molecule has 23 heavy (non-hydrogen) atoms. The first-order chi connectivity index (χ1) is 11.2. The largest absolute Gasteiger partial charge is 0.353 e. The molecule has 0 aliphatic carbocycles. The fourth-order valence-corrected chi connectivity index (χ4v) is 2.96. The van der Waals surface area contributed by atoms with Crippen molar-refractivity contribution in [2.75, 3.05) is 0 Å². The summed E-state index contributed by atoms with van der Waals surface area (Å²) in [5.74, 6) is -1.86. The summed E-state index contributed by atoms with van der Waals surface area (Å²) in [6.45, 7) is 0. The van der Waals surface area contributed by atoms with E-state index in [1.54, 1.807) is 0 Å². The molecule has 0 amide bonds. The van der Waals surface area contributed by atoms with Gasteiger partial charge in [-0.15, -0.1) is 0 Å². The fraction of sp³-hybridized carbons (Fsp3) is 0. The lowest BCUT2D eigenvalue weighted by Gasteiger charge is -2.01. The summed E-state index contributed by atoms with van der Waals surface area (Å²) in [6.07, 6.45) is 0.740. The minimum atomic E-state index is -0.942. The molecule has 1 aromatic heterocycles. The number of hydrogen-bond donors (Lipinski definition) is 1. The molecule has 2 nitrogen and oxygen atoms in total. The Kier molecular flexibility index (Phi) is 2.98. The molecule has 0 radical (unpaired) electrons. The third-order valence-corrected chi connectivity index (χ3v) is 4.06. The van der Waals surface area contributed by atoms with E-state index >= 15 is 0 Å². The van der Waals surface area contributed by atoms with Gasteiger partial charge >= 0.3 is 0 Å². The van der Waals surface area contributed by atoms with E-state index in [4.69, 9.17) is 0 Å². The van der Waals surface area contributed by atoms with Crippen LogP contribution in [0.25, 0.3) is 32.9 Å². The first kappa shape index (κ1) is 13.6. The number of aromatic amines is 1. The molecule has 4 heteroatoms. The number of fused-ring (bicyclic) bond motifs is 3. The molecule has 0 unspecified atom stereocenters. The first-order valence-corrected chi connectivity index (χ1v) is 7.13. The van der Waals surface area contributed by atoms with E-state index in [1.807, 2.05) is 36.4 Å². The van der Waals surface area contributed by atoms with Crippen LogP contribution in [-0.4, -0.2) is 11.3 Å². The highest BCUT2D eigenvalue weighted by Crippen LogP contribution is 2.33. The molecule has 0 atom stereocenters. The number of hydrogen-bond acceptors (Lipinski definition) is 1. The molecule has 0 spiro atoms. The number of rotatable bonds is 2. The molecule has 1 N–H and O–H groups in total. The fourth-order valence-electron chi connectivity index (χ4n) is 2.96. The quantitative estimate of drug-likeness (QED) is 0.515. The van der Waals surface area contributed by atoms with Crippen LogP contribution >= 0.6 is 0 Å². The molecule has 1 heterocycles. The van der Waals surface area contributed by atoms with Crippen molar-refractivity contribution in [3.63, 3.8) is 0 Å². The van der Waals surface area contributed by atoms with Gasteiger partial charge in [0.05, 0.1) is 11.2 Å². The number of benzene rings is 3. The Hall–Kier alpha value is -3.01. The zero-order chi connectivity index (χ0) is 16.0. The van der Waals surface area contributed by atoms with Crippen molar-refractivity contribution < 1.29 is 13.6 Å². The normalized spacial score (nSPS) is 11.2. The average Bonchev–Trinajstić information content (AvgIpc) is 2.96. The van der Waals surface area contributed by atoms with E-state index in [1.165, 1.54) is 6.07 Å². The summed E-state index contributed by atoms with van der Waals surface area (Å²) in [5.41, 5.74) is 2.18. The van der Waals surface area contributed by atoms with Crippen LogP contribution in [0.4, 0.5) is 8.78 Å². The number of carbonyl (C=O) groups is 1. The van der Waals surface area contributed by atoms with Gasteiger partial charge in [0, 0.05) is 21.9 Å². The lowest BCUT2D eigenvalue weighted by molar-refractivity contribution is 0.112. The predicted molar refractivity (Wildman–Crippen MR) is 86.5 cm³/mol. The van der Waals surface area contributed by atoms with Gasteiger partial charge in [0.2, 0.25) is 0 Å². The van der Waals surface area contributed by atoms with Crippen molar-refractivity contribution in [2.24, 2.45) is 0 Å². The van der Waals surface area contributed by atoms with Crippen molar-refractivity contribution >= 4 is 28.0 Å². The third kappa shape index (κ3) is 2.03. The summed E-state index contributed by atoms with van der Waals surface area (Å²) in [4.78, 5) is 14.8. The molecule has 4 aromatic rings. The minimum absolute atomic E-state index is 0.436. The van der Waals surface area contributed by atoms with E-state index in [9.17, 15) is 13.6 Å². The SMILES string of the molecule is O=Cc1c(-c2ccc(F)c(F)c2)[nH]c2c1ccc1ccccc12. The second-order valence-corrected chi connectivity index (χ2v) is 5.37. The van der Waals surface area contributed by atoms with E-state index < -0.39 is 11.6 Å². The molecule has 0 aliphatic rings. The summed E-state index contributed by atoms with van der Waals surface area (Å²) in [6, 6.07) is 15.2. The molecule has 0 saturated carbocycles. The Morgan fingerprint density at radius 2 is 1.70 bits per heavy atom. The summed E-state index contributed by atoms with van der Waals surface area (Å²) in [7, 11) is 0. The molecule has 112 valence electrons. The zero-order valence-electron chi connectivity index (χ0n) is 11.9. The molecule has 0 aliphatic heterocycles. The van der Waals surface area contributed by atoms with Crippen molar-refractivity contribution in [3.8, 4) is 11.3 Å². The lowest BCUT2D eigenvalue weighted by atomic mass is 10.0. The van der Waals surface area contributed by atoms with Gasteiger partial charge < -0.3 is 4.98 Å². The Morgan fingerprint density at radius 3 is 2.48 bits per heavy atom. The highest BCUT2D eigenvalue weighted by atomic mass is 19.2. The van der Waals surface area contributed by atoms with E-state index in [2.05, 4.69) is 4.98 Å². The van der Waals surface area contributed by atoms with Gasteiger partial charge in [-0.1, -0.05) is 36.4 Å². The van der Waals surface area contributed by atoms with E-state index in [0.29, 0.717) is 16.8 Å². The van der Waals surface area contributed by atoms with Gasteiger partial charge in [0.15, 0.2) is 17.9 Å². The Morgan fingerprint density at radius 1 is 0.870 bits per heavy atom. The second-order valence-electron chi connectivity index (χ2n) is 5.37. The lowest BCUT2D eigenvalue weighted by Crippen LogP contribution is -1.88. The maximum absolute atomic E-state index is 13.5. The monoisotopic (exact) mass is 307 g/mol. The summed E-state index contributed by atoms with van der Waals surface area (Å²) < 4.78 is 26.7. The Bertz CT molecular complexity index is 1070. The number of carbonyl (C=O) groups excluding carboxylic acids is 1. The molecule has 0 fully saturated rings. The zero-order valence-corrected chi connectivity index (χ0v) is 11.9. The van der Waals surface area contributed by atoms with Crippen LogP contribution in [0.3, 0.4) is 0 Å². The standard InChI is InChI=1S/C19H11F2NO/c20-16-8-6-12(9-17(16)21)18-15(10-23)14-7-5-11-3-1-2-4-13(11)19(14)22-18/h1-10,22H. The van der Waals surface area contributed by atoms with Crippen molar-refractivity contribution in [1.29, 1.82) is 0 Å². The van der Waals surface area contributed by atoms with Gasteiger partial charge in [-0.3, -0.25) is 4.79 Å². The van der Waals surface area contributed by atoms with Gasteiger partial charge in [-0.25, -0.2) is 8.78 Å². The molecular formula is C19H11F2NO. The molecule has 3 aromatic carbocycles. The first-order valence-electron chi connectivity index (χ1n) is 7.13. The van der Waals surface area contributed by atoms with Crippen LogP contribution in [0, 0.1) is 11.6 Å². The smallest absolute Gasteiger partial charge is 0.159 e. The Balaban J connectivity index is 2.08. The highest BCUT2D eigenvalue weighted by molar-refractivity contribution is 6.14. The number of aldehydes is 1. The number of nitrogens with one attached hydrogen (secondary N) is 1. The van der Waals surface area contributed by atoms with Crippen molar-refractivity contribution in [2.45, 2.75) is 0 Å².